The molecule has 190 valence electrons. The standard InChI is InChI=1S/C27H24ClN3O5S/c28-24-7-5-22-17-26(8-6-21(22)15-24)37(35,36)30-13-11-29(12-14-30)27(33)20-3-1-19(2-4-20)23-9-10-31(34)25(16-23)18-32/h1-10,15-17,32H,11-14,18H2. The smallest absolute Gasteiger partial charge is 0.253 e. The van der Waals surface area contributed by atoms with E-state index in [2.05, 4.69) is 0 Å². The monoisotopic (exact) mass is 537 g/mol. The van der Waals surface area contributed by atoms with Crippen molar-refractivity contribution in [3.63, 3.8) is 0 Å². The van der Waals surface area contributed by atoms with Crippen LogP contribution in [-0.2, 0) is 16.6 Å². The van der Waals surface area contributed by atoms with Crippen LogP contribution in [0.15, 0.2) is 83.9 Å². The van der Waals surface area contributed by atoms with Gasteiger partial charge >= 0.3 is 0 Å². The highest BCUT2D eigenvalue weighted by Gasteiger charge is 2.30. The summed E-state index contributed by atoms with van der Waals surface area (Å²) in [7, 11) is -3.70. The Bertz CT molecular complexity index is 1580. The second kappa shape index (κ2) is 10.1. The van der Waals surface area contributed by atoms with Gasteiger partial charge in [-0.05, 0) is 58.3 Å². The van der Waals surface area contributed by atoms with Crippen LogP contribution in [0.25, 0.3) is 21.9 Å². The lowest BCUT2D eigenvalue weighted by atomic mass is 10.0. The van der Waals surface area contributed by atoms with Gasteiger partial charge in [0, 0.05) is 48.9 Å². The number of hydrogen-bond donors (Lipinski definition) is 1. The third-order valence-corrected chi connectivity index (χ3v) is 8.69. The molecule has 1 N–H and O–H groups in total. The number of carbonyl (C=O) groups excluding carboxylic acids is 1. The molecule has 0 spiro atoms. The molecule has 0 aliphatic carbocycles. The fourth-order valence-electron chi connectivity index (χ4n) is 4.45. The van der Waals surface area contributed by atoms with Crippen molar-refractivity contribution in [3.8, 4) is 11.1 Å². The minimum Gasteiger partial charge on any atom is -0.618 e. The average Bonchev–Trinajstić information content (AvgIpc) is 2.92. The summed E-state index contributed by atoms with van der Waals surface area (Å²) >= 11 is 6.03. The normalized spacial score (nSPS) is 14.7. The number of aliphatic hydroxyl groups excluding tert-OH is 1. The molecule has 5 rings (SSSR count). The zero-order valence-corrected chi connectivity index (χ0v) is 21.3. The molecule has 3 aromatic carbocycles. The van der Waals surface area contributed by atoms with Crippen molar-refractivity contribution in [1.29, 1.82) is 0 Å². The topological polar surface area (TPSA) is 105 Å². The number of amides is 1. The second-order valence-electron chi connectivity index (χ2n) is 8.82. The van der Waals surface area contributed by atoms with Crippen LogP contribution in [0.1, 0.15) is 16.1 Å². The lowest BCUT2D eigenvalue weighted by Gasteiger charge is -2.34. The van der Waals surface area contributed by atoms with Crippen LogP contribution < -0.4 is 4.73 Å². The van der Waals surface area contributed by atoms with Gasteiger partial charge in [0.25, 0.3) is 5.91 Å². The third-order valence-electron chi connectivity index (χ3n) is 6.56. The Morgan fingerprint density at radius 1 is 0.892 bits per heavy atom. The van der Waals surface area contributed by atoms with Crippen LogP contribution in [0.3, 0.4) is 0 Å². The minimum atomic E-state index is -3.70. The first kappa shape index (κ1) is 25.2. The van der Waals surface area contributed by atoms with E-state index >= 15 is 0 Å². The lowest BCUT2D eigenvalue weighted by Crippen LogP contribution is -2.50. The summed E-state index contributed by atoms with van der Waals surface area (Å²) in [6.07, 6.45) is 1.33. The summed E-state index contributed by atoms with van der Waals surface area (Å²) < 4.78 is 28.5. The maximum Gasteiger partial charge on any atom is 0.253 e. The molecule has 37 heavy (non-hydrogen) atoms. The van der Waals surface area contributed by atoms with Crippen molar-refractivity contribution >= 4 is 38.3 Å². The number of nitrogens with zero attached hydrogens (tertiary/aromatic N) is 3. The van der Waals surface area contributed by atoms with Crippen molar-refractivity contribution in [1.82, 2.24) is 9.21 Å². The van der Waals surface area contributed by atoms with E-state index in [4.69, 9.17) is 11.6 Å². The first-order valence-corrected chi connectivity index (χ1v) is 13.5. The van der Waals surface area contributed by atoms with E-state index < -0.39 is 10.0 Å². The molecule has 1 aliphatic heterocycles. The summed E-state index contributed by atoms with van der Waals surface area (Å²) in [5.41, 5.74) is 2.29. The van der Waals surface area contributed by atoms with Crippen molar-refractivity contribution in [2.24, 2.45) is 0 Å². The zero-order valence-electron chi connectivity index (χ0n) is 19.7. The number of carbonyl (C=O) groups is 1. The third kappa shape index (κ3) is 5.03. The van der Waals surface area contributed by atoms with Crippen molar-refractivity contribution in [3.05, 3.63) is 100 Å². The van der Waals surface area contributed by atoms with Crippen molar-refractivity contribution in [2.45, 2.75) is 11.5 Å². The van der Waals surface area contributed by atoms with Crippen LogP contribution in [-0.4, -0.2) is 54.8 Å². The quantitative estimate of drug-likeness (QED) is 0.310. The van der Waals surface area contributed by atoms with Crippen molar-refractivity contribution in [2.75, 3.05) is 26.2 Å². The number of benzene rings is 3. The zero-order chi connectivity index (χ0) is 26.2. The molecule has 0 unspecified atom stereocenters. The van der Waals surface area contributed by atoms with Gasteiger partial charge in [0.1, 0.15) is 6.61 Å². The molecule has 1 aliphatic rings. The van der Waals surface area contributed by atoms with Gasteiger partial charge in [-0.1, -0.05) is 35.9 Å². The number of pyridine rings is 1. The SMILES string of the molecule is O=C(c1ccc(-c2cc[n+]([O-])c(CO)c2)cc1)N1CCN(S(=O)(=O)c2ccc3cc(Cl)ccc3c2)CC1. The van der Waals surface area contributed by atoms with Gasteiger partial charge in [-0.2, -0.15) is 9.04 Å². The molecule has 1 fully saturated rings. The number of piperazine rings is 1. The number of fused-ring (bicyclic) bond motifs is 1. The summed E-state index contributed by atoms with van der Waals surface area (Å²) in [4.78, 5) is 14.9. The van der Waals surface area contributed by atoms with Crippen LogP contribution in [0.5, 0.6) is 0 Å². The number of hydrogen-bond acceptors (Lipinski definition) is 5. The van der Waals surface area contributed by atoms with Crippen LogP contribution in [0.2, 0.25) is 5.02 Å². The summed E-state index contributed by atoms with van der Waals surface area (Å²) in [5.74, 6) is -0.173. The molecule has 0 saturated carbocycles. The summed E-state index contributed by atoms with van der Waals surface area (Å²) in [6.45, 7) is 0.601. The first-order chi connectivity index (χ1) is 17.8. The minimum absolute atomic E-state index is 0.173. The van der Waals surface area contributed by atoms with Gasteiger partial charge in [0.05, 0.1) is 4.90 Å². The number of halogens is 1. The predicted molar refractivity (Wildman–Crippen MR) is 140 cm³/mol. The number of aromatic nitrogens is 1. The van der Waals surface area contributed by atoms with Gasteiger partial charge in [-0.3, -0.25) is 4.79 Å². The first-order valence-electron chi connectivity index (χ1n) is 11.7. The molecule has 1 amide bonds. The van der Waals surface area contributed by atoms with Gasteiger partial charge in [0.15, 0.2) is 6.20 Å². The highest BCUT2D eigenvalue weighted by Crippen LogP contribution is 2.26. The van der Waals surface area contributed by atoms with E-state index in [1.807, 2.05) is 0 Å². The summed E-state index contributed by atoms with van der Waals surface area (Å²) in [6, 6.07) is 20.5. The van der Waals surface area contributed by atoms with Crippen LogP contribution in [0, 0.1) is 5.21 Å². The highest BCUT2D eigenvalue weighted by molar-refractivity contribution is 7.89. The van der Waals surface area contributed by atoms with Crippen molar-refractivity contribution < 1.29 is 23.0 Å². The average molecular weight is 538 g/mol. The van der Waals surface area contributed by atoms with E-state index in [-0.39, 0.29) is 49.3 Å². The van der Waals surface area contributed by atoms with Gasteiger partial charge < -0.3 is 15.2 Å². The molecule has 4 aromatic rings. The molecular formula is C27H24ClN3O5S. The Morgan fingerprint density at radius 3 is 2.27 bits per heavy atom. The fraction of sp³-hybridized carbons (Fsp3) is 0.185. The Morgan fingerprint density at radius 2 is 1.57 bits per heavy atom. The van der Waals surface area contributed by atoms with E-state index in [0.29, 0.717) is 15.3 Å². The maximum atomic E-state index is 13.2. The number of aliphatic hydroxyl groups is 1. The maximum absolute atomic E-state index is 13.2. The molecule has 0 radical (unpaired) electrons. The van der Waals surface area contributed by atoms with Gasteiger partial charge in [-0.25, -0.2) is 8.42 Å². The molecule has 1 aromatic heterocycles. The Balaban J connectivity index is 1.26. The van der Waals surface area contributed by atoms with E-state index in [0.717, 1.165) is 21.9 Å². The number of sulfonamides is 1. The molecular weight excluding hydrogens is 514 g/mol. The molecule has 0 bridgehead atoms. The second-order valence-corrected chi connectivity index (χ2v) is 11.2. The van der Waals surface area contributed by atoms with Gasteiger partial charge in [-0.15, -0.1) is 0 Å². The Kier molecular flexibility index (Phi) is 6.87. The molecule has 1 saturated heterocycles. The van der Waals surface area contributed by atoms with Crippen LogP contribution >= 0.6 is 11.6 Å². The Hall–Kier alpha value is -3.50. The molecule has 10 heteroatoms. The molecule has 8 nitrogen and oxygen atoms in total. The highest BCUT2D eigenvalue weighted by atomic mass is 35.5. The largest absolute Gasteiger partial charge is 0.618 e. The van der Waals surface area contributed by atoms with E-state index in [1.165, 1.54) is 10.5 Å². The van der Waals surface area contributed by atoms with Gasteiger partial charge in [0.2, 0.25) is 15.7 Å². The predicted octanol–water partition coefficient (Wildman–Crippen LogP) is 3.43. The lowest BCUT2D eigenvalue weighted by molar-refractivity contribution is -0.616. The Labute approximate surface area is 219 Å². The van der Waals surface area contributed by atoms with Crippen LogP contribution in [0.4, 0.5) is 0 Å². The fourth-order valence-corrected chi connectivity index (χ4v) is 6.09. The molecule has 0 atom stereocenters. The molecule has 2 heterocycles. The van der Waals surface area contributed by atoms with E-state index in [1.54, 1.807) is 77.7 Å². The summed E-state index contributed by atoms with van der Waals surface area (Å²) in [5, 5.41) is 23.2. The number of rotatable bonds is 5. The van der Waals surface area contributed by atoms with E-state index in [9.17, 15) is 23.5 Å².